The van der Waals surface area contributed by atoms with Crippen LogP contribution in [-0.2, 0) is 16.0 Å². The van der Waals surface area contributed by atoms with Crippen molar-refractivity contribution in [3.8, 4) is 22.1 Å². The number of aliphatic imine (C=N–C) groups is 1. The summed E-state index contributed by atoms with van der Waals surface area (Å²) in [4.78, 5) is 29.8. The number of nitrogens with zero attached hydrogens (tertiary/aromatic N) is 2. The highest BCUT2D eigenvalue weighted by atomic mass is 32.1. The number of aliphatic hydroxyl groups excluding tert-OH is 1. The molecule has 1 aliphatic rings. The third-order valence-corrected chi connectivity index (χ3v) is 9.89. The number of ether oxygens (including phenoxy) is 2. The highest BCUT2D eigenvalue weighted by Gasteiger charge is 2.24. The normalized spacial score (nSPS) is 13.4. The smallest absolute Gasteiger partial charge is 0.491 e. The van der Waals surface area contributed by atoms with Crippen LogP contribution in [0.4, 0.5) is 8.63 Å². The topological polar surface area (TPSA) is 126 Å². The van der Waals surface area contributed by atoms with E-state index in [-0.39, 0.29) is 25.0 Å². The van der Waals surface area contributed by atoms with E-state index in [9.17, 15) is 23.3 Å². The molecular formula is C44H50BF2N5O5S. The lowest BCUT2D eigenvalue weighted by Crippen LogP contribution is -2.33. The van der Waals surface area contributed by atoms with E-state index in [0.717, 1.165) is 51.9 Å². The van der Waals surface area contributed by atoms with Crippen molar-refractivity contribution < 1.29 is 32.8 Å². The lowest BCUT2D eigenvalue weighted by atomic mass is 10.1. The second-order valence-corrected chi connectivity index (χ2v) is 14.5. The van der Waals surface area contributed by atoms with Gasteiger partial charge in [-0.3, -0.25) is 18.2 Å². The van der Waals surface area contributed by atoms with Gasteiger partial charge in [0.1, 0.15) is 24.2 Å². The molecule has 0 spiro atoms. The van der Waals surface area contributed by atoms with Gasteiger partial charge in [0.15, 0.2) is 6.61 Å². The first kappa shape index (κ1) is 43.6. The number of aliphatic hydroxyl groups is 1. The number of aromatic nitrogens is 1. The minimum atomic E-state index is -2.68. The molecule has 0 saturated carbocycles. The van der Waals surface area contributed by atoms with Crippen molar-refractivity contribution in [1.29, 1.82) is 0 Å². The predicted molar refractivity (Wildman–Crippen MR) is 230 cm³/mol. The summed E-state index contributed by atoms with van der Waals surface area (Å²) in [6, 6.07) is 22.0. The van der Waals surface area contributed by atoms with Gasteiger partial charge in [0.2, 0.25) is 5.91 Å². The van der Waals surface area contributed by atoms with Gasteiger partial charge >= 0.3 is 7.40 Å². The van der Waals surface area contributed by atoms with Crippen molar-refractivity contribution in [3.05, 3.63) is 132 Å². The molecule has 0 saturated heterocycles. The fourth-order valence-corrected chi connectivity index (χ4v) is 6.78. The molecule has 58 heavy (non-hydrogen) atoms. The van der Waals surface area contributed by atoms with Crippen LogP contribution in [0, 0.1) is 0 Å². The van der Waals surface area contributed by atoms with Crippen LogP contribution in [0.2, 0.25) is 0 Å². The number of carbonyl (C=O) groups is 2. The molecule has 0 fully saturated rings. The van der Waals surface area contributed by atoms with E-state index in [2.05, 4.69) is 27.5 Å². The molecule has 2 aromatic heterocycles. The second kappa shape index (κ2) is 23.6. The first-order valence-electron chi connectivity index (χ1n) is 19.5. The monoisotopic (exact) mass is 809 g/mol. The molecule has 4 N–H and O–H groups in total. The zero-order chi connectivity index (χ0) is 41.0. The van der Waals surface area contributed by atoms with Crippen LogP contribution in [0.15, 0.2) is 120 Å². The van der Waals surface area contributed by atoms with Crippen molar-refractivity contribution >= 4 is 48.4 Å². The molecule has 304 valence electrons. The Kier molecular flexibility index (Phi) is 17.7. The van der Waals surface area contributed by atoms with Gasteiger partial charge in [-0.25, -0.2) is 4.99 Å². The molecule has 0 radical (unpaired) electrons. The number of hydrogen-bond donors (Lipinski definition) is 4. The number of allylic oxidation sites excluding steroid dienone is 4. The molecule has 2 aromatic carbocycles. The number of benzene rings is 2. The molecule has 2 amide bonds. The quantitative estimate of drug-likeness (QED) is 0.0315. The summed E-state index contributed by atoms with van der Waals surface area (Å²) in [6.45, 7) is 5.96. The number of para-hydroxylation sites is 1. The molecule has 1 atom stereocenters. The van der Waals surface area contributed by atoms with E-state index in [4.69, 9.17) is 9.47 Å². The highest BCUT2D eigenvalue weighted by molar-refractivity contribution is 7.13. The maximum Gasteiger partial charge on any atom is 0.678 e. The Morgan fingerprint density at radius 1 is 0.897 bits per heavy atom. The van der Waals surface area contributed by atoms with Gasteiger partial charge in [0, 0.05) is 36.6 Å². The van der Waals surface area contributed by atoms with Crippen LogP contribution in [0.1, 0.15) is 48.9 Å². The van der Waals surface area contributed by atoms with Gasteiger partial charge in [-0.2, -0.15) is 0 Å². The van der Waals surface area contributed by atoms with Crippen LogP contribution in [0.5, 0.6) is 11.5 Å². The molecule has 1 aliphatic heterocycles. The summed E-state index contributed by atoms with van der Waals surface area (Å²) >= 11 is 1.41. The Bertz CT molecular complexity index is 2050. The molecule has 5 rings (SSSR count). The number of rotatable bonds is 25. The van der Waals surface area contributed by atoms with Gasteiger partial charge in [0.25, 0.3) is 5.91 Å². The van der Waals surface area contributed by atoms with Crippen molar-refractivity contribution in [2.24, 2.45) is 4.99 Å². The van der Waals surface area contributed by atoms with Gasteiger partial charge in [-0.1, -0.05) is 55.0 Å². The van der Waals surface area contributed by atoms with Crippen LogP contribution in [0.25, 0.3) is 22.7 Å². The van der Waals surface area contributed by atoms with Crippen LogP contribution in [-0.4, -0.2) is 80.0 Å². The Morgan fingerprint density at radius 3 is 2.50 bits per heavy atom. The van der Waals surface area contributed by atoms with E-state index in [1.807, 2.05) is 78.2 Å². The Hall–Kier alpha value is -5.57. The Morgan fingerprint density at radius 2 is 1.71 bits per heavy atom. The SMILES string of the molecule is C=CCc1ccccc1OC[C@@H](O)CNCCCNC(=O)CCCCCNC(=O)COc1ccc(/C=C/C2=NC(=C\c3ccc(-c4cccs4)n3B(F)F)/C=C2)cc1. The average molecular weight is 810 g/mol. The third-order valence-electron chi connectivity index (χ3n) is 9.00. The number of carbonyl (C=O) groups excluding carboxylic acids is 2. The van der Waals surface area contributed by atoms with Crippen LogP contribution >= 0.6 is 11.3 Å². The first-order chi connectivity index (χ1) is 28.3. The summed E-state index contributed by atoms with van der Waals surface area (Å²) in [5.41, 5.74) is 4.06. The lowest BCUT2D eigenvalue weighted by Gasteiger charge is -2.15. The summed E-state index contributed by atoms with van der Waals surface area (Å²) in [7, 11) is -2.68. The van der Waals surface area contributed by atoms with E-state index < -0.39 is 13.5 Å². The lowest BCUT2D eigenvalue weighted by molar-refractivity contribution is -0.123. The Balaban J connectivity index is 0.879. The molecule has 14 heteroatoms. The fourth-order valence-electron chi connectivity index (χ4n) is 6.03. The van der Waals surface area contributed by atoms with Crippen molar-refractivity contribution in [2.75, 3.05) is 39.4 Å². The number of amides is 2. The minimum absolute atomic E-state index is 0.00105. The summed E-state index contributed by atoms with van der Waals surface area (Å²) in [5.74, 6) is 1.09. The van der Waals surface area contributed by atoms with E-state index in [1.165, 1.54) is 11.3 Å². The van der Waals surface area contributed by atoms with E-state index in [0.29, 0.717) is 67.6 Å². The molecular weight excluding hydrogens is 759 g/mol. The summed E-state index contributed by atoms with van der Waals surface area (Å²) in [5, 5.41) is 21.1. The highest BCUT2D eigenvalue weighted by Crippen LogP contribution is 2.29. The first-order valence-corrected chi connectivity index (χ1v) is 20.3. The maximum absolute atomic E-state index is 13.9. The zero-order valence-electron chi connectivity index (χ0n) is 32.5. The zero-order valence-corrected chi connectivity index (χ0v) is 33.3. The van der Waals surface area contributed by atoms with E-state index >= 15 is 0 Å². The largest absolute Gasteiger partial charge is 0.678 e. The molecule has 10 nitrogen and oxygen atoms in total. The summed E-state index contributed by atoms with van der Waals surface area (Å²) < 4.78 is 40.3. The Labute approximate surface area is 343 Å². The van der Waals surface area contributed by atoms with E-state index in [1.54, 1.807) is 36.4 Å². The molecule has 0 unspecified atom stereocenters. The molecule has 0 bridgehead atoms. The minimum Gasteiger partial charge on any atom is -0.491 e. The van der Waals surface area contributed by atoms with Crippen molar-refractivity contribution in [1.82, 2.24) is 20.4 Å². The van der Waals surface area contributed by atoms with Gasteiger partial charge in [-0.15, -0.1) is 17.9 Å². The molecule has 4 aromatic rings. The number of hydrogen-bond acceptors (Lipinski definition) is 8. The van der Waals surface area contributed by atoms with Crippen molar-refractivity contribution in [2.45, 2.75) is 44.6 Å². The summed E-state index contributed by atoms with van der Waals surface area (Å²) in [6.07, 6.45) is 14.3. The number of halogens is 2. The standard InChI is InChI=1S/C44H50BF2N5O5S/c1-2-10-34-11-5-6-12-41(34)57-31-38(53)30-48-25-9-27-49-43(54)14-4-3-7-26-50-44(55)32-56-39-22-16-33(17-23-39)15-18-35-19-20-36(51-35)29-37-21-24-40(52(37)45(46)47)42-13-8-28-58-42/h2,5-6,8,11-13,15-24,28-29,38,48,53H,1,3-4,7,9-10,14,25-27,30-32H2,(H,49,54)(H,50,55)/b18-15+,36-29-/t38-/m0/s1. The predicted octanol–water partition coefficient (Wildman–Crippen LogP) is 7.37. The van der Waals surface area contributed by atoms with Crippen LogP contribution < -0.4 is 25.4 Å². The maximum atomic E-state index is 13.9. The average Bonchev–Trinajstić information content (AvgIpc) is 4.01. The van der Waals surface area contributed by atoms with Gasteiger partial charge in [-0.05, 0) is 109 Å². The third kappa shape index (κ3) is 14.4. The fraction of sp³-hybridized carbons (Fsp3) is 0.295. The van der Waals surface area contributed by atoms with Crippen LogP contribution in [0.3, 0.4) is 0 Å². The molecule has 0 aliphatic carbocycles. The molecule has 3 heterocycles. The number of thiophene rings is 1. The number of nitrogens with one attached hydrogen (secondary N) is 3. The number of unbranched alkanes of at least 4 members (excludes halogenated alkanes) is 2. The van der Waals surface area contributed by atoms with Gasteiger partial charge in [0.05, 0.1) is 17.1 Å². The second-order valence-electron chi connectivity index (χ2n) is 13.5. The van der Waals surface area contributed by atoms with Gasteiger partial charge < -0.3 is 35.0 Å². The van der Waals surface area contributed by atoms with Crippen molar-refractivity contribution in [3.63, 3.8) is 0 Å².